The number of nitrogens with zero attached hydrogens (tertiary/aromatic N) is 5. The van der Waals surface area contributed by atoms with E-state index in [1.807, 2.05) is 0 Å². The lowest BCUT2D eigenvalue weighted by molar-refractivity contribution is 0.132. The van der Waals surface area contributed by atoms with Crippen LogP contribution in [0.4, 0.5) is 29.9 Å². The quantitative estimate of drug-likeness (QED) is 0.608. The Morgan fingerprint density at radius 2 is 1.77 bits per heavy atom. The Morgan fingerprint density at radius 1 is 1.17 bits per heavy atom. The summed E-state index contributed by atoms with van der Waals surface area (Å²) in [7, 11) is 0.864. The van der Waals surface area contributed by atoms with Crippen LogP contribution in [0.15, 0.2) is 17.4 Å². The van der Waals surface area contributed by atoms with Gasteiger partial charge >= 0.3 is 12.1 Å². The number of piperidine rings is 1. The summed E-state index contributed by atoms with van der Waals surface area (Å²) in [6.45, 7) is 0.0539. The standard InChI is InChI=1S/C21H23F2N5O6S/c1-33-13-8-14(34-2)16(23)17(15(13)22)27-10-11-9-24-19(35(3)32)25-18(11)28(20(27)29)12-4-6-26(7-5-12)21(30)31/h8-9,12H,4-7,10H2,1-3H3,(H,30,31). The maximum atomic E-state index is 15.3. The van der Waals surface area contributed by atoms with E-state index >= 15 is 8.78 Å². The number of aromatic nitrogens is 2. The summed E-state index contributed by atoms with van der Waals surface area (Å²) < 4.78 is 52.6. The highest BCUT2D eigenvalue weighted by Gasteiger charge is 2.42. The van der Waals surface area contributed by atoms with Crippen LogP contribution in [0, 0.1) is 11.6 Å². The van der Waals surface area contributed by atoms with E-state index in [-0.39, 0.29) is 54.9 Å². The zero-order valence-corrected chi connectivity index (χ0v) is 20.0. The first kappa shape index (κ1) is 24.6. The Balaban J connectivity index is 1.83. The number of methoxy groups -OCH3 is 2. The minimum atomic E-state index is -1.54. The van der Waals surface area contributed by atoms with Gasteiger partial charge in [-0.3, -0.25) is 14.0 Å². The lowest BCUT2D eigenvalue weighted by Crippen LogP contribution is -2.56. The molecule has 0 saturated carbocycles. The average Bonchev–Trinajstić information content (AvgIpc) is 2.84. The van der Waals surface area contributed by atoms with Crippen molar-refractivity contribution in [3.05, 3.63) is 29.5 Å². The Labute approximate surface area is 201 Å². The van der Waals surface area contributed by atoms with E-state index in [1.165, 1.54) is 36.5 Å². The van der Waals surface area contributed by atoms with Crippen molar-refractivity contribution < 1.29 is 37.2 Å². The van der Waals surface area contributed by atoms with Crippen molar-refractivity contribution in [1.29, 1.82) is 0 Å². The van der Waals surface area contributed by atoms with E-state index in [0.717, 1.165) is 11.0 Å². The van der Waals surface area contributed by atoms with E-state index in [2.05, 4.69) is 9.97 Å². The highest BCUT2D eigenvalue weighted by atomic mass is 32.2. The molecule has 11 nitrogen and oxygen atoms in total. The smallest absolute Gasteiger partial charge is 0.407 e. The number of anilines is 2. The molecule has 0 spiro atoms. The number of benzene rings is 1. The Hall–Kier alpha value is -3.55. The normalized spacial score (nSPS) is 17.3. The van der Waals surface area contributed by atoms with E-state index in [4.69, 9.17) is 9.47 Å². The van der Waals surface area contributed by atoms with Crippen LogP contribution in [0.2, 0.25) is 0 Å². The number of hydrogen-bond acceptors (Lipinski definition) is 7. The molecule has 1 N–H and O–H groups in total. The van der Waals surface area contributed by atoms with Gasteiger partial charge in [0.15, 0.2) is 23.1 Å². The van der Waals surface area contributed by atoms with Crippen LogP contribution in [0.3, 0.4) is 0 Å². The molecule has 188 valence electrons. The van der Waals surface area contributed by atoms with Crippen molar-refractivity contribution in [2.24, 2.45) is 0 Å². The fourth-order valence-corrected chi connectivity index (χ4v) is 4.64. The minimum absolute atomic E-state index is 0.00150. The van der Waals surface area contributed by atoms with Crippen LogP contribution in [0.25, 0.3) is 0 Å². The summed E-state index contributed by atoms with van der Waals surface area (Å²) in [6, 6.07) is -0.251. The van der Waals surface area contributed by atoms with Crippen LogP contribution in [-0.2, 0) is 17.3 Å². The van der Waals surface area contributed by atoms with Crippen molar-refractivity contribution in [2.45, 2.75) is 30.6 Å². The van der Waals surface area contributed by atoms with E-state index in [1.54, 1.807) is 0 Å². The number of amides is 3. The number of rotatable bonds is 5. The first-order valence-electron chi connectivity index (χ1n) is 10.6. The summed E-state index contributed by atoms with van der Waals surface area (Å²) in [4.78, 5) is 36.9. The highest BCUT2D eigenvalue weighted by Crippen LogP contribution is 2.41. The average molecular weight is 512 g/mol. The molecule has 14 heteroatoms. The molecular weight excluding hydrogens is 488 g/mol. The van der Waals surface area contributed by atoms with E-state index < -0.39 is 46.3 Å². The Morgan fingerprint density at radius 3 is 2.29 bits per heavy atom. The molecule has 1 fully saturated rings. The molecule has 4 rings (SSSR count). The van der Waals surface area contributed by atoms with Gasteiger partial charge in [0.2, 0.25) is 5.16 Å². The fourth-order valence-electron chi connectivity index (χ4n) is 4.23. The van der Waals surface area contributed by atoms with E-state index in [0.29, 0.717) is 5.56 Å². The number of carbonyl (C=O) groups is 2. The number of carbonyl (C=O) groups excluding carboxylic acids is 1. The maximum absolute atomic E-state index is 15.3. The molecule has 0 aliphatic carbocycles. The van der Waals surface area contributed by atoms with Gasteiger partial charge in [-0.1, -0.05) is 0 Å². The maximum Gasteiger partial charge on any atom is 0.407 e. The van der Waals surface area contributed by atoms with Gasteiger partial charge in [0, 0.05) is 43.2 Å². The largest absolute Gasteiger partial charge is 0.493 e. The molecule has 1 unspecified atom stereocenters. The molecule has 1 atom stereocenters. The summed E-state index contributed by atoms with van der Waals surface area (Å²) in [6.07, 6.45) is 2.22. The molecule has 2 aliphatic heterocycles. The van der Waals surface area contributed by atoms with Gasteiger partial charge in [0.1, 0.15) is 11.5 Å². The number of urea groups is 1. The number of ether oxygens (including phenoxy) is 2. The predicted octanol–water partition coefficient (Wildman–Crippen LogP) is 2.60. The molecule has 3 amide bonds. The number of fused-ring (bicyclic) bond motifs is 1. The zero-order chi connectivity index (χ0) is 25.4. The van der Waals surface area contributed by atoms with Crippen LogP contribution < -0.4 is 19.3 Å². The molecule has 35 heavy (non-hydrogen) atoms. The molecule has 1 aromatic heterocycles. The van der Waals surface area contributed by atoms with Crippen LogP contribution >= 0.6 is 0 Å². The van der Waals surface area contributed by atoms with Crippen LogP contribution in [0.1, 0.15) is 18.4 Å². The first-order valence-corrected chi connectivity index (χ1v) is 12.1. The molecule has 0 radical (unpaired) electrons. The number of likely N-dealkylation sites (tertiary alicyclic amines) is 1. The number of carboxylic acid groups (broad SMARTS) is 1. The van der Waals surface area contributed by atoms with Crippen molar-refractivity contribution in [3.8, 4) is 11.5 Å². The molecule has 2 aliphatic rings. The van der Waals surface area contributed by atoms with Crippen molar-refractivity contribution in [2.75, 3.05) is 43.4 Å². The summed E-state index contributed by atoms with van der Waals surface area (Å²) in [5.41, 5.74) is -0.284. The fraction of sp³-hybridized carbons (Fsp3) is 0.429. The van der Waals surface area contributed by atoms with Gasteiger partial charge < -0.3 is 19.5 Å². The predicted molar refractivity (Wildman–Crippen MR) is 121 cm³/mol. The van der Waals surface area contributed by atoms with Crippen LogP contribution in [0.5, 0.6) is 11.5 Å². The number of halogens is 2. The van der Waals surface area contributed by atoms with Gasteiger partial charge in [-0.2, -0.15) is 0 Å². The third kappa shape index (κ3) is 4.33. The third-order valence-corrected chi connectivity index (χ3v) is 6.70. The second-order valence-corrected chi connectivity index (χ2v) is 9.23. The van der Waals surface area contributed by atoms with Crippen molar-refractivity contribution in [3.63, 3.8) is 0 Å². The molecule has 1 saturated heterocycles. The number of hydrogen-bond donors (Lipinski definition) is 1. The first-order chi connectivity index (χ1) is 16.7. The lowest BCUT2D eigenvalue weighted by Gasteiger charge is -2.42. The lowest BCUT2D eigenvalue weighted by atomic mass is 10.0. The summed E-state index contributed by atoms with van der Waals surface area (Å²) >= 11 is 0. The van der Waals surface area contributed by atoms with Gasteiger partial charge in [-0.25, -0.2) is 28.3 Å². The minimum Gasteiger partial charge on any atom is -0.493 e. The second-order valence-electron chi connectivity index (χ2n) is 7.95. The van der Waals surface area contributed by atoms with Crippen molar-refractivity contribution in [1.82, 2.24) is 14.9 Å². The molecule has 2 aromatic rings. The Kier molecular flexibility index (Phi) is 6.74. The molecular formula is C21H23F2N5O6S. The van der Waals surface area contributed by atoms with Crippen molar-refractivity contribution >= 4 is 34.4 Å². The van der Waals surface area contributed by atoms with Gasteiger partial charge in [-0.15, -0.1) is 0 Å². The van der Waals surface area contributed by atoms with Gasteiger partial charge in [0.25, 0.3) is 0 Å². The van der Waals surface area contributed by atoms with Gasteiger partial charge in [0.05, 0.1) is 31.6 Å². The Bertz CT molecular complexity index is 1180. The third-order valence-electron chi connectivity index (χ3n) is 5.99. The SMILES string of the molecule is COc1cc(OC)c(F)c(N2Cc3cnc(S(C)=O)nc3N(C3CCN(C(=O)O)CC3)C2=O)c1F. The molecule has 1 aromatic carbocycles. The highest BCUT2D eigenvalue weighted by molar-refractivity contribution is 7.84. The molecule has 3 heterocycles. The zero-order valence-electron chi connectivity index (χ0n) is 19.2. The summed E-state index contributed by atoms with van der Waals surface area (Å²) in [5.74, 6) is -2.63. The topological polar surface area (TPSA) is 125 Å². The summed E-state index contributed by atoms with van der Waals surface area (Å²) in [5, 5.41) is 9.27. The van der Waals surface area contributed by atoms with E-state index in [9.17, 15) is 18.9 Å². The second kappa shape index (κ2) is 9.60. The molecule has 0 bridgehead atoms. The van der Waals surface area contributed by atoms with Gasteiger partial charge in [-0.05, 0) is 12.8 Å². The van der Waals surface area contributed by atoms with Crippen LogP contribution in [-0.4, -0.2) is 75.9 Å². The monoisotopic (exact) mass is 511 g/mol.